The minimum atomic E-state index is -0.805. The van der Waals surface area contributed by atoms with Crippen molar-refractivity contribution in [1.29, 1.82) is 0 Å². The molecule has 3 rings (SSSR count). The number of nitrogens with zero attached hydrogens (tertiary/aromatic N) is 4. The molecule has 0 bridgehead atoms. The van der Waals surface area contributed by atoms with E-state index in [0.29, 0.717) is 19.4 Å². The van der Waals surface area contributed by atoms with Crippen molar-refractivity contribution in [3.8, 4) is 0 Å². The first-order chi connectivity index (χ1) is 14.0. The van der Waals surface area contributed by atoms with Crippen LogP contribution in [0.4, 0.5) is 0 Å². The van der Waals surface area contributed by atoms with E-state index in [-0.39, 0.29) is 35.5 Å². The quantitative estimate of drug-likeness (QED) is 0.652. The summed E-state index contributed by atoms with van der Waals surface area (Å²) in [4.78, 5) is 50.6. The fourth-order valence-electron chi connectivity index (χ4n) is 4.22. The molecule has 2 fully saturated rings. The number of imide groups is 1. The molecule has 2 heterocycles. The second kappa shape index (κ2) is 9.15. The highest BCUT2D eigenvalue weighted by Crippen LogP contribution is 2.36. The molecule has 1 saturated heterocycles. The lowest BCUT2D eigenvalue weighted by atomic mass is 9.82. The van der Waals surface area contributed by atoms with Gasteiger partial charge in [-0.1, -0.05) is 24.5 Å². The minimum Gasteiger partial charge on any atom is -0.464 e. The zero-order valence-electron chi connectivity index (χ0n) is 16.8. The first-order valence-corrected chi connectivity index (χ1v) is 9.93. The van der Waals surface area contributed by atoms with Crippen molar-refractivity contribution in [3.63, 3.8) is 0 Å². The van der Waals surface area contributed by atoms with Gasteiger partial charge in [-0.3, -0.25) is 14.5 Å². The lowest BCUT2D eigenvalue weighted by molar-refractivity contribution is -0.142. The van der Waals surface area contributed by atoms with E-state index in [1.165, 1.54) is 23.8 Å². The van der Waals surface area contributed by atoms with Crippen LogP contribution in [0.1, 0.15) is 78.4 Å². The Morgan fingerprint density at radius 3 is 2.34 bits per heavy atom. The summed E-state index contributed by atoms with van der Waals surface area (Å²) >= 11 is 0. The summed E-state index contributed by atoms with van der Waals surface area (Å²) in [6.07, 6.45) is 5.86. The summed E-state index contributed by atoms with van der Waals surface area (Å²) in [5, 5.41) is 7.87. The van der Waals surface area contributed by atoms with E-state index in [1.807, 2.05) is 0 Å². The number of ether oxygens (including phenoxy) is 2. The maximum absolute atomic E-state index is 12.9. The van der Waals surface area contributed by atoms with Gasteiger partial charge >= 0.3 is 11.9 Å². The average molecular weight is 406 g/mol. The van der Waals surface area contributed by atoms with Gasteiger partial charge in [0.05, 0.1) is 26.7 Å². The van der Waals surface area contributed by atoms with Crippen molar-refractivity contribution in [1.82, 2.24) is 19.9 Å². The molecule has 2 aliphatic rings. The highest BCUT2D eigenvalue weighted by atomic mass is 16.5. The molecule has 1 aliphatic carbocycles. The lowest BCUT2D eigenvalue weighted by Crippen LogP contribution is -2.36. The fraction of sp³-hybridized carbons (Fsp3) is 0.684. The third kappa shape index (κ3) is 4.30. The van der Waals surface area contributed by atoms with E-state index in [1.54, 1.807) is 0 Å². The third-order valence-corrected chi connectivity index (χ3v) is 5.72. The molecular weight excluding hydrogens is 380 g/mol. The topological polar surface area (TPSA) is 121 Å². The van der Waals surface area contributed by atoms with E-state index >= 15 is 0 Å². The Bertz CT molecular complexity index is 799. The summed E-state index contributed by atoms with van der Waals surface area (Å²) in [7, 11) is 2.38. The van der Waals surface area contributed by atoms with Gasteiger partial charge < -0.3 is 9.47 Å². The van der Waals surface area contributed by atoms with E-state index < -0.39 is 18.0 Å². The normalized spacial score (nSPS) is 18.6. The zero-order valence-corrected chi connectivity index (χ0v) is 16.8. The molecular formula is C19H26N4O6. The van der Waals surface area contributed by atoms with Gasteiger partial charge in [0.25, 0.3) is 0 Å². The van der Waals surface area contributed by atoms with E-state index in [2.05, 4.69) is 10.3 Å². The maximum atomic E-state index is 12.9. The molecule has 29 heavy (non-hydrogen) atoms. The van der Waals surface area contributed by atoms with Crippen LogP contribution >= 0.6 is 0 Å². The van der Waals surface area contributed by atoms with Crippen LogP contribution in [0.15, 0.2) is 0 Å². The SMILES string of the molecule is COC(=O)c1nnn([C@H](CC(=O)N2CCCC2=O)C2CCCCC2)c1C(=O)OC. The van der Waals surface area contributed by atoms with Crippen LogP contribution in [0.3, 0.4) is 0 Å². The molecule has 1 atom stereocenters. The maximum Gasteiger partial charge on any atom is 0.361 e. The monoisotopic (exact) mass is 406 g/mol. The molecule has 1 aliphatic heterocycles. The number of aromatic nitrogens is 3. The van der Waals surface area contributed by atoms with Gasteiger partial charge in [0.2, 0.25) is 17.5 Å². The number of esters is 2. The zero-order chi connectivity index (χ0) is 21.0. The van der Waals surface area contributed by atoms with Crippen LogP contribution in [0.2, 0.25) is 0 Å². The van der Waals surface area contributed by atoms with Crippen molar-refractivity contribution in [2.45, 2.75) is 57.4 Å². The van der Waals surface area contributed by atoms with E-state index in [9.17, 15) is 19.2 Å². The molecule has 158 valence electrons. The Kier molecular flexibility index (Phi) is 6.60. The van der Waals surface area contributed by atoms with Crippen LogP contribution in [-0.4, -0.2) is 64.4 Å². The van der Waals surface area contributed by atoms with E-state index in [0.717, 1.165) is 32.1 Å². The summed E-state index contributed by atoms with van der Waals surface area (Å²) < 4.78 is 10.9. The molecule has 2 amide bonds. The van der Waals surface area contributed by atoms with Gasteiger partial charge in [-0.15, -0.1) is 5.10 Å². The van der Waals surface area contributed by atoms with Gasteiger partial charge in [-0.05, 0) is 25.2 Å². The number of hydrogen-bond acceptors (Lipinski definition) is 8. The molecule has 0 N–H and O–H groups in total. The van der Waals surface area contributed by atoms with Gasteiger partial charge in [-0.25, -0.2) is 14.3 Å². The second-order valence-electron chi connectivity index (χ2n) is 7.43. The van der Waals surface area contributed by atoms with Crippen LogP contribution in [-0.2, 0) is 19.1 Å². The Balaban J connectivity index is 1.98. The molecule has 0 spiro atoms. The van der Waals surface area contributed by atoms with Crippen LogP contribution < -0.4 is 0 Å². The summed E-state index contributed by atoms with van der Waals surface area (Å²) in [6, 6.07) is -0.504. The Morgan fingerprint density at radius 1 is 1.07 bits per heavy atom. The molecule has 10 heteroatoms. The van der Waals surface area contributed by atoms with Crippen LogP contribution in [0.5, 0.6) is 0 Å². The Morgan fingerprint density at radius 2 is 1.76 bits per heavy atom. The number of rotatable bonds is 6. The fourth-order valence-corrected chi connectivity index (χ4v) is 4.22. The van der Waals surface area contributed by atoms with Crippen LogP contribution in [0, 0.1) is 5.92 Å². The van der Waals surface area contributed by atoms with Crippen molar-refractivity contribution < 1.29 is 28.7 Å². The van der Waals surface area contributed by atoms with Crippen molar-refractivity contribution >= 4 is 23.8 Å². The van der Waals surface area contributed by atoms with Crippen molar-refractivity contribution in [2.24, 2.45) is 5.92 Å². The number of carbonyl (C=O) groups excluding carboxylic acids is 4. The minimum absolute atomic E-state index is 0.00434. The number of hydrogen-bond donors (Lipinski definition) is 0. The predicted molar refractivity (Wildman–Crippen MR) is 98.9 cm³/mol. The van der Waals surface area contributed by atoms with Crippen molar-refractivity contribution in [2.75, 3.05) is 20.8 Å². The molecule has 0 radical (unpaired) electrons. The van der Waals surface area contributed by atoms with E-state index in [4.69, 9.17) is 9.47 Å². The first kappa shape index (κ1) is 20.9. The van der Waals surface area contributed by atoms with Gasteiger partial charge in [-0.2, -0.15) is 0 Å². The van der Waals surface area contributed by atoms with Crippen LogP contribution in [0.25, 0.3) is 0 Å². The van der Waals surface area contributed by atoms with Gasteiger partial charge in [0.1, 0.15) is 0 Å². The molecule has 1 aromatic heterocycles. The highest BCUT2D eigenvalue weighted by Gasteiger charge is 2.37. The van der Waals surface area contributed by atoms with Gasteiger partial charge in [0, 0.05) is 13.0 Å². The molecule has 1 aromatic rings. The second-order valence-corrected chi connectivity index (χ2v) is 7.43. The predicted octanol–water partition coefficient (Wildman–Crippen LogP) is 1.51. The van der Waals surface area contributed by atoms with Gasteiger partial charge in [0.15, 0.2) is 5.69 Å². The number of methoxy groups -OCH3 is 2. The summed E-state index contributed by atoms with van der Waals surface area (Å²) in [6.45, 7) is 0.406. The first-order valence-electron chi connectivity index (χ1n) is 9.93. The molecule has 1 saturated carbocycles. The standard InChI is InChI=1S/C19H26N4O6/c1-28-18(26)16-17(19(27)29-2)23(21-20-16)13(12-7-4-3-5-8-12)11-15(25)22-10-6-9-14(22)24/h12-13H,3-11H2,1-2H3/t13-/m1/s1. The smallest absolute Gasteiger partial charge is 0.361 e. The largest absolute Gasteiger partial charge is 0.464 e. The summed E-state index contributed by atoms with van der Waals surface area (Å²) in [5.74, 6) is -1.99. The van der Waals surface area contributed by atoms with Crippen molar-refractivity contribution in [3.05, 3.63) is 11.4 Å². The molecule has 0 unspecified atom stereocenters. The average Bonchev–Trinajstić information content (AvgIpc) is 3.37. The summed E-state index contributed by atoms with van der Waals surface area (Å²) in [5.41, 5.74) is -0.375. The lowest BCUT2D eigenvalue weighted by Gasteiger charge is -2.31. The number of amides is 2. The third-order valence-electron chi connectivity index (χ3n) is 5.72. The Labute approximate surface area is 168 Å². The Hall–Kier alpha value is -2.78. The number of carbonyl (C=O) groups is 4. The highest BCUT2D eigenvalue weighted by molar-refractivity contribution is 6.00. The number of likely N-dealkylation sites (tertiary alicyclic amines) is 1. The molecule has 0 aromatic carbocycles. The molecule has 10 nitrogen and oxygen atoms in total.